The maximum Gasteiger partial charge on any atom is 0.329 e. The Morgan fingerprint density at radius 2 is 1.62 bits per heavy atom. The minimum atomic E-state index is -2.54. The number of nitrogens with zero attached hydrogens (tertiary/aromatic N) is 4. The van der Waals surface area contributed by atoms with E-state index in [0.717, 1.165) is 10.5 Å². The number of aliphatic hydroxyl groups excluding tert-OH is 3. The van der Waals surface area contributed by atoms with E-state index in [1.165, 1.54) is 7.11 Å². The molecule has 4 aliphatic rings. The molecule has 0 radical (unpaired) electrons. The summed E-state index contributed by atoms with van der Waals surface area (Å²) < 4.78 is 18.0. The lowest BCUT2D eigenvalue weighted by atomic mass is 9.78. The Morgan fingerprint density at radius 3 is 2.28 bits per heavy atom. The van der Waals surface area contributed by atoms with Crippen LogP contribution in [0.5, 0.6) is 0 Å². The molecule has 3 fully saturated rings. The number of ether oxygens (including phenoxy) is 3. The van der Waals surface area contributed by atoms with Crippen LogP contribution < -0.4 is 11.5 Å². The number of ketones is 3. The second-order valence-corrected chi connectivity index (χ2v) is 21.0. The third-order valence-corrected chi connectivity index (χ3v) is 14.9. The van der Waals surface area contributed by atoms with Crippen molar-refractivity contribution in [1.82, 2.24) is 9.80 Å². The molecule has 15 atom stereocenters. The summed E-state index contributed by atoms with van der Waals surface area (Å²) in [5.74, 6) is -8.80. The summed E-state index contributed by atoms with van der Waals surface area (Å²) in [6, 6.07) is -1.87. The van der Waals surface area contributed by atoms with E-state index >= 15 is 0 Å². The highest BCUT2D eigenvalue weighted by molar-refractivity contribution is 6.39. The van der Waals surface area contributed by atoms with Crippen molar-refractivity contribution in [3.8, 4) is 0 Å². The lowest BCUT2D eigenvalue weighted by Crippen LogP contribution is -2.61. The van der Waals surface area contributed by atoms with E-state index in [1.807, 2.05) is 51.2 Å². The highest BCUT2D eigenvalue weighted by atomic mass is 16.6. The average Bonchev–Trinajstić information content (AvgIpc) is 3.32. The van der Waals surface area contributed by atoms with Crippen molar-refractivity contribution in [2.24, 2.45) is 57.0 Å². The smallest absolute Gasteiger partial charge is 0.329 e. The van der Waals surface area contributed by atoms with Crippen molar-refractivity contribution < 1.29 is 58.6 Å². The van der Waals surface area contributed by atoms with E-state index in [4.69, 9.17) is 25.7 Å². The van der Waals surface area contributed by atoms with Crippen molar-refractivity contribution in [2.45, 2.75) is 180 Å². The first-order valence-corrected chi connectivity index (χ1v) is 25.5. The van der Waals surface area contributed by atoms with Gasteiger partial charge in [-0.15, -0.1) is 0 Å². The summed E-state index contributed by atoms with van der Waals surface area (Å²) in [5.41, 5.74) is 13.4. The minimum Gasteiger partial charge on any atom is -0.460 e. The molecule has 18 heteroatoms. The number of nitrogens with two attached hydrogens (primary N) is 2. The van der Waals surface area contributed by atoms with Crippen LogP contribution in [0.1, 0.15) is 126 Å². The highest BCUT2D eigenvalue weighted by Crippen LogP contribution is 2.38. The van der Waals surface area contributed by atoms with E-state index in [0.29, 0.717) is 63.4 Å². The van der Waals surface area contributed by atoms with Crippen molar-refractivity contribution in [2.75, 3.05) is 27.7 Å². The fraction of sp³-hybridized carbons (Fsp3) is 0.717. The van der Waals surface area contributed by atoms with Gasteiger partial charge in [0.15, 0.2) is 11.7 Å². The summed E-state index contributed by atoms with van der Waals surface area (Å²) in [7, 11) is 4.77. The Hall–Kier alpha value is -4.59. The molecule has 0 spiro atoms. The monoisotopic (exact) mass is 997 g/mol. The second kappa shape index (κ2) is 26.9. The molecule has 1 aliphatic carbocycles. The van der Waals surface area contributed by atoms with Crippen LogP contribution in [0, 0.1) is 35.5 Å². The van der Waals surface area contributed by atoms with Crippen LogP contribution in [0.25, 0.3) is 0 Å². The van der Waals surface area contributed by atoms with Crippen molar-refractivity contribution in [1.29, 1.82) is 0 Å². The van der Waals surface area contributed by atoms with Gasteiger partial charge in [0.2, 0.25) is 11.7 Å². The molecule has 2 unspecified atom stereocenters. The number of cyclic esters (lactones) is 1. The third-order valence-electron chi connectivity index (χ3n) is 14.9. The number of fused-ring (bicyclic) bond motifs is 3. The van der Waals surface area contributed by atoms with Gasteiger partial charge < -0.3 is 55.9 Å². The average molecular weight is 997 g/mol. The number of amides is 1. The Labute approximate surface area is 420 Å². The fourth-order valence-electron chi connectivity index (χ4n) is 10.2. The zero-order valence-electron chi connectivity index (χ0n) is 43.7. The highest BCUT2D eigenvalue weighted by Gasteiger charge is 2.53. The number of Topliss-reactive ketones (excluding diaryl/α,β-unsaturated/α-hetero) is 3. The van der Waals surface area contributed by atoms with Gasteiger partial charge in [-0.3, -0.25) is 19.2 Å². The van der Waals surface area contributed by atoms with E-state index in [9.17, 15) is 44.4 Å². The van der Waals surface area contributed by atoms with Gasteiger partial charge in [0.1, 0.15) is 30.1 Å². The summed E-state index contributed by atoms with van der Waals surface area (Å²) in [5, 5.41) is 44.3. The predicted octanol–water partition coefficient (Wildman–Crippen LogP) is 4.07. The number of carbonyl (C=O) groups excluding carboxylic acids is 5. The molecule has 3 aliphatic heterocycles. The number of methoxy groups -OCH3 is 1. The first-order valence-electron chi connectivity index (χ1n) is 25.5. The molecule has 0 aromatic carbocycles. The maximum absolute atomic E-state index is 14.4. The molecule has 3 heterocycles. The molecule has 4 rings (SSSR count). The number of piperidine rings is 1. The molecule has 1 saturated carbocycles. The second-order valence-electron chi connectivity index (χ2n) is 21.0. The van der Waals surface area contributed by atoms with Crippen LogP contribution >= 0.6 is 0 Å². The fourth-order valence-corrected chi connectivity index (χ4v) is 10.2. The number of hydrogen-bond acceptors (Lipinski definition) is 13. The van der Waals surface area contributed by atoms with Crippen LogP contribution in [-0.2, 0) is 38.2 Å². The number of aliphatic hydroxyl groups is 4. The Kier molecular flexibility index (Phi) is 22.4. The molecule has 8 N–H and O–H groups in total. The summed E-state index contributed by atoms with van der Waals surface area (Å²) in [4.78, 5) is 82.7. The van der Waals surface area contributed by atoms with Gasteiger partial charge in [0, 0.05) is 58.3 Å². The maximum atomic E-state index is 14.4. The quantitative estimate of drug-likeness (QED) is 0.0745. The number of esters is 1. The lowest BCUT2D eigenvalue weighted by molar-refractivity contribution is -0.263. The number of rotatable bonds is 5. The van der Waals surface area contributed by atoms with E-state index in [1.54, 1.807) is 52.8 Å². The number of aliphatic imine (C=N–C) groups is 2. The normalized spacial score (nSPS) is 38.5. The van der Waals surface area contributed by atoms with Crippen molar-refractivity contribution in [3.05, 3.63) is 47.6 Å². The van der Waals surface area contributed by atoms with Crippen LogP contribution in [0.2, 0.25) is 0 Å². The SMILES string of the molecule is CO[C@H]1C(=O)[C@H](C)C[C@H](C)/C=C/C=C/C=C(\C)C(N=C(N)N=C(N)N(C)C)C[C@@H]2CC[C@@H](C)[C@@](O)(O2)C(=O)C(=O)N2CCCC[C@H]2C(=O)O[C@H]([C@H](C)CC2CC[C@@H](O)[C@H](O)C2)CC(=O)[C@H](C)/C=C(\C)[C@H]1O. The number of guanidine groups is 2. The predicted molar refractivity (Wildman–Crippen MR) is 270 cm³/mol. The zero-order valence-corrected chi connectivity index (χ0v) is 43.7. The molecule has 1 amide bonds. The molecule has 0 aromatic rings. The molecule has 2 saturated heterocycles. The Morgan fingerprint density at radius 1 is 0.915 bits per heavy atom. The summed E-state index contributed by atoms with van der Waals surface area (Å²) in [6.45, 7) is 12.4. The topological polar surface area (TPSA) is 277 Å². The molecule has 71 heavy (non-hydrogen) atoms. The van der Waals surface area contributed by atoms with Gasteiger partial charge in [-0.1, -0.05) is 71.1 Å². The molecule has 398 valence electrons. The standard InChI is InChI=1S/C53H84N6O12/c1-30-16-12-11-13-17-31(2)39(56-51(54)57-52(55)58(8)9)28-38-21-19-36(7)53(68,71-38)48(65)49(66)59-23-15-14-18-40(59)50(67)70-44(33(4)26-37-20-22-41(60)43(62)27-37)29-42(61)32(3)25-35(6)46(64)47(69-10)45(63)34(5)24-30/h11-13,16-17,25,30,32-34,36-41,43-44,46-47,60,62,64,68H,14-15,18-24,26-29H2,1-10H3,(H4,54,55,56,57)/b13-11+,16-12+,31-17+,35-25+/t30-,32-,33-,34-,36-,37?,38+,39?,40+,41-,43-,44+,46-,47+,53-/m1/s1. The number of carbonyl (C=O) groups is 5. The zero-order chi connectivity index (χ0) is 52.9. The number of hydrogen-bond donors (Lipinski definition) is 6. The van der Waals surface area contributed by atoms with E-state index < -0.39 is 95.8 Å². The van der Waals surface area contributed by atoms with Crippen molar-refractivity contribution >= 4 is 41.1 Å². The third kappa shape index (κ3) is 16.2. The van der Waals surface area contributed by atoms with Gasteiger partial charge in [-0.2, -0.15) is 4.99 Å². The minimum absolute atomic E-state index is 0.0329. The van der Waals surface area contributed by atoms with Gasteiger partial charge in [0.05, 0.1) is 24.4 Å². The van der Waals surface area contributed by atoms with E-state index in [2.05, 4.69) is 9.98 Å². The van der Waals surface area contributed by atoms with Crippen LogP contribution in [0.15, 0.2) is 57.6 Å². The molecular formula is C53H84N6O12. The molecule has 18 nitrogen and oxygen atoms in total. The molecule has 2 bridgehead atoms. The van der Waals surface area contributed by atoms with E-state index in [-0.39, 0.29) is 61.1 Å². The van der Waals surface area contributed by atoms with Gasteiger partial charge in [-0.25, -0.2) is 9.79 Å². The van der Waals surface area contributed by atoms with Gasteiger partial charge in [0.25, 0.3) is 11.7 Å². The summed E-state index contributed by atoms with van der Waals surface area (Å²) in [6.07, 6.45) is 8.94. The largest absolute Gasteiger partial charge is 0.460 e. The summed E-state index contributed by atoms with van der Waals surface area (Å²) >= 11 is 0. The number of allylic oxidation sites excluding steroid dienone is 6. The first kappa shape index (κ1) is 59.0. The van der Waals surface area contributed by atoms with Crippen molar-refractivity contribution in [3.63, 3.8) is 0 Å². The first-order chi connectivity index (χ1) is 33.4. The Bertz CT molecular complexity index is 2050. The van der Waals surface area contributed by atoms with Crippen LogP contribution in [0.4, 0.5) is 0 Å². The van der Waals surface area contributed by atoms with Crippen LogP contribution in [-0.4, -0.2) is 154 Å². The molecule has 0 aromatic heterocycles. The molecular weight excluding hydrogens is 913 g/mol. The van der Waals surface area contributed by atoms with Gasteiger partial charge >= 0.3 is 5.97 Å². The van der Waals surface area contributed by atoms with Gasteiger partial charge in [-0.05, 0) is 107 Å². The van der Waals surface area contributed by atoms with Crippen LogP contribution in [0.3, 0.4) is 0 Å². The lowest BCUT2D eigenvalue weighted by Gasteiger charge is -2.42. The Balaban J connectivity index is 1.76.